The summed E-state index contributed by atoms with van der Waals surface area (Å²) >= 11 is 0. The number of aryl methyl sites for hydroxylation is 4. The third-order valence-corrected chi connectivity index (χ3v) is 3.53. The van der Waals surface area contributed by atoms with Gasteiger partial charge in [0, 0.05) is 25.0 Å². The Hall–Kier alpha value is -2.10. The van der Waals surface area contributed by atoms with Gasteiger partial charge in [0.2, 0.25) is 0 Å². The molecule has 0 radical (unpaired) electrons. The van der Waals surface area contributed by atoms with Gasteiger partial charge in [-0.15, -0.1) is 0 Å². The van der Waals surface area contributed by atoms with Crippen LogP contribution in [0.25, 0.3) is 0 Å². The van der Waals surface area contributed by atoms with Crippen molar-refractivity contribution in [1.82, 2.24) is 0 Å². The van der Waals surface area contributed by atoms with Crippen LogP contribution >= 0.6 is 0 Å². The van der Waals surface area contributed by atoms with Crippen LogP contribution in [0.2, 0.25) is 0 Å². The molecule has 0 amide bonds. The Kier molecular flexibility index (Phi) is 5.75. The van der Waals surface area contributed by atoms with Crippen molar-refractivity contribution >= 4 is 0 Å². The Morgan fingerprint density at radius 3 is 1.45 bits per heavy atom. The SMILES string of the molecule is Cc1cc(CCCCCCc2cc(C)cc(=O)o2)oc(=O)c1. The van der Waals surface area contributed by atoms with Crippen LogP contribution in [0.15, 0.2) is 42.7 Å². The molecule has 118 valence electrons. The monoisotopic (exact) mass is 302 g/mol. The third-order valence-electron chi connectivity index (χ3n) is 3.53. The van der Waals surface area contributed by atoms with Crippen molar-refractivity contribution in [2.45, 2.75) is 52.4 Å². The Labute approximate surface area is 129 Å². The Bertz CT molecular complexity index is 661. The maximum absolute atomic E-state index is 11.3. The minimum atomic E-state index is -0.274. The van der Waals surface area contributed by atoms with Crippen LogP contribution in [0.4, 0.5) is 0 Å². The van der Waals surface area contributed by atoms with E-state index in [0.717, 1.165) is 61.2 Å². The molecule has 0 atom stereocenters. The fourth-order valence-corrected chi connectivity index (χ4v) is 2.54. The summed E-state index contributed by atoms with van der Waals surface area (Å²) in [5, 5.41) is 0. The molecule has 0 N–H and O–H groups in total. The van der Waals surface area contributed by atoms with Crippen LogP contribution < -0.4 is 11.3 Å². The topological polar surface area (TPSA) is 60.4 Å². The van der Waals surface area contributed by atoms with E-state index in [0.29, 0.717) is 0 Å². The second-order valence-electron chi connectivity index (χ2n) is 5.75. The van der Waals surface area contributed by atoms with Crippen molar-refractivity contribution in [2.75, 3.05) is 0 Å². The smallest absolute Gasteiger partial charge is 0.336 e. The molecule has 0 unspecified atom stereocenters. The lowest BCUT2D eigenvalue weighted by atomic mass is 10.1. The first kappa shape index (κ1) is 16.3. The van der Waals surface area contributed by atoms with Gasteiger partial charge in [-0.25, -0.2) is 9.59 Å². The molecule has 4 nitrogen and oxygen atoms in total. The molecule has 2 rings (SSSR count). The Morgan fingerprint density at radius 1 is 0.682 bits per heavy atom. The van der Waals surface area contributed by atoms with Crippen molar-refractivity contribution < 1.29 is 8.83 Å². The van der Waals surface area contributed by atoms with E-state index in [2.05, 4.69) is 0 Å². The summed E-state index contributed by atoms with van der Waals surface area (Å²) in [7, 11) is 0. The fraction of sp³-hybridized carbons (Fsp3) is 0.444. The fourth-order valence-electron chi connectivity index (χ4n) is 2.54. The van der Waals surface area contributed by atoms with E-state index >= 15 is 0 Å². The van der Waals surface area contributed by atoms with E-state index in [1.807, 2.05) is 26.0 Å². The first-order chi connectivity index (χ1) is 10.5. The normalized spacial score (nSPS) is 10.8. The molecule has 0 saturated heterocycles. The minimum Gasteiger partial charge on any atom is -0.428 e. The highest BCUT2D eigenvalue weighted by molar-refractivity contribution is 5.12. The van der Waals surface area contributed by atoms with E-state index in [4.69, 9.17) is 8.83 Å². The van der Waals surface area contributed by atoms with Gasteiger partial charge in [-0.1, -0.05) is 12.8 Å². The highest BCUT2D eigenvalue weighted by Crippen LogP contribution is 2.11. The highest BCUT2D eigenvalue weighted by atomic mass is 16.4. The van der Waals surface area contributed by atoms with Gasteiger partial charge in [0.25, 0.3) is 0 Å². The first-order valence-corrected chi connectivity index (χ1v) is 7.74. The molecule has 22 heavy (non-hydrogen) atoms. The third kappa shape index (κ3) is 5.35. The van der Waals surface area contributed by atoms with Gasteiger partial charge in [-0.3, -0.25) is 0 Å². The standard InChI is InChI=1S/C18H22O4/c1-13-9-15(21-17(19)11-13)7-5-3-4-6-8-16-10-14(2)12-18(20)22-16/h9-12H,3-8H2,1-2H3. The van der Waals surface area contributed by atoms with Crippen LogP contribution in [0.1, 0.15) is 48.3 Å². The van der Waals surface area contributed by atoms with Crippen molar-refractivity contribution in [3.63, 3.8) is 0 Å². The predicted molar refractivity (Wildman–Crippen MR) is 85.3 cm³/mol. The maximum Gasteiger partial charge on any atom is 0.336 e. The zero-order chi connectivity index (χ0) is 15.9. The first-order valence-electron chi connectivity index (χ1n) is 7.74. The van der Waals surface area contributed by atoms with Gasteiger partial charge >= 0.3 is 11.3 Å². The summed E-state index contributed by atoms with van der Waals surface area (Å²) in [6.45, 7) is 3.80. The van der Waals surface area contributed by atoms with E-state index in [1.165, 1.54) is 12.1 Å². The van der Waals surface area contributed by atoms with Crippen LogP contribution in [0, 0.1) is 13.8 Å². The van der Waals surface area contributed by atoms with E-state index in [-0.39, 0.29) is 11.3 Å². The van der Waals surface area contributed by atoms with Crippen molar-refractivity contribution in [3.05, 3.63) is 67.8 Å². The van der Waals surface area contributed by atoms with Crippen molar-refractivity contribution in [3.8, 4) is 0 Å². The number of hydrogen-bond acceptors (Lipinski definition) is 4. The molecular weight excluding hydrogens is 280 g/mol. The summed E-state index contributed by atoms with van der Waals surface area (Å²) in [6, 6.07) is 6.84. The molecule has 4 heteroatoms. The van der Waals surface area contributed by atoms with Gasteiger partial charge in [0.05, 0.1) is 0 Å². The summed E-state index contributed by atoms with van der Waals surface area (Å²) in [5.74, 6) is 1.52. The van der Waals surface area contributed by atoms with Gasteiger partial charge in [0.1, 0.15) is 11.5 Å². The van der Waals surface area contributed by atoms with Gasteiger partial charge < -0.3 is 8.83 Å². The molecule has 2 aromatic rings. The Balaban J connectivity index is 1.69. The lowest BCUT2D eigenvalue weighted by Gasteiger charge is -2.03. The van der Waals surface area contributed by atoms with Crippen LogP contribution in [-0.2, 0) is 12.8 Å². The second-order valence-corrected chi connectivity index (χ2v) is 5.75. The highest BCUT2D eigenvalue weighted by Gasteiger charge is 2.01. The summed E-state index contributed by atoms with van der Waals surface area (Å²) in [5.41, 5.74) is 1.34. The molecule has 0 saturated carbocycles. The molecule has 0 aromatic carbocycles. The molecule has 0 aliphatic heterocycles. The average molecular weight is 302 g/mol. The maximum atomic E-state index is 11.3. The van der Waals surface area contributed by atoms with Crippen molar-refractivity contribution in [1.29, 1.82) is 0 Å². The summed E-state index contributed by atoms with van der Waals surface area (Å²) in [6.07, 6.45) is 5.68. The minimum absolute atomic E-state index is 0.274. The molecule has 2 aromatic heterocycles. The number of unbranched alkanes of at least 4 members (excludes halogenated alkanes) is 3. The molecule has 0 fully saturated rings. The number of hydrogen-bond donors (Lipinski definition) is 0. The van der Waals surface area contributed by atoms with E-state index in [1.54, 1.807) is 0 Å². The number of rotatable bonds is 7. The van der Waals surface area contributed by atoms with Gasteiger partial charge in [-0.05, 0) is 49.9 Å². The van der Waals surface area contributed by atoms with E-state index in [9.17, 15) is 9.59 Å². The lowest BCUT2D eigenvalue weighted by Crippen LogP contribution is -2.01. The predicted octanol–water partition coefficient (Wildman–Crippen LogP) is 3.56. The average Bonchev–Trinajstić information content (AvgIpc) is 2.40. The van der Waals surface area contributed by atoms with E-state index < -0.39 is 0 Å². The molecule has 0 aliphatic carbocycles. The van der Waals surface area contributed by atoms with Gasteiger partial charge in [0.15, 0.2) is 0 Å². The Morgan fingerprint density at radius 2 is 1.09 bits per heavy atom. The summed E-state index contributed by atoms with van der Waals surface area (Å²) < 4.78 is 10.3. The lowest BCUT2D eigenvalue weighted by molar-refractivity contribution is 0.438. The van der Waals surface area contributed by atoms with Crippen LogP contribution in [0.5, 0.6) is 0 Å². The second kappa shape index (κ2) is 7.78. The zero-order valence-electron chi connectivity index (χ0n) is 13.2. The zero-order valence-corrected chi connectivity index (χ0v) is 13.2. The molecular formula is C18H22O4. The summed E-state index contributed by atoms with van der Waals surface area (Å²) in [4.78, 5) is 22.5. The molecule has 0 bridgehead atoms. The van der Waals surface area contributed by atoms with Crippen molar-refractivity contribution in [2.24, 2.45) is 0 Å². The molecule has 0 aliphatic rings. The molecule has 0 spiro atoms. The van der Waals surface area contributed by atoms with Gasteiger partial charge in [-0.2, -0.15) is 0 Å². The molecule has 2 heterocycles. The quantitative estimate of drug-likeness (QED) is 0.734. The van der Waals surface area contributed by atoms with Crippen LogP contribution in [0.3, 0.4) is 0 Å². The van der Waals surface area contributed by atoms with Crippen LogP contribution in [-0.4, -0.2) is 0 Å². The largest absolute Gasteiger partial charge is 0.428 e.